The fourth-order valence-electron chi connectivity index (χ4n) is 2.23. The summed E-state index contributed by atoms with van der Waals surface area (Å²) in [5.41, 5.74) is 6.95. The van der Waals surface area contributed by atoms with E-state index in [0.717, 1.165) is 4.90 Å². The molecule has 7 heteroatoms. The smallest absolute Gasteiger partial charge is 0.265 e. The molecule has 0 radical (unpaired) electrons. The third-order valence-corrected chi connectivity index (χ3v) is 6.56. The lowest BCUT2D eigenvalue weighted by atomic mass is 10.3. The van der Waals surface area contributed by atoms with Crippen molar-refractivity contribution in [3.63, 3.8) is 0 Å². The van der Waals surface area contributed by atoms with Crippen LogP contribution in [-0.4, -0.2) is 20.7 Å². The van der Waals surface area contributed by atoms with Gasteiger partial charge in [-0.1, -0.05) is 23.7 Å². The molecule has 2 aromatic carbocycles. The van der Waals surface area contributed by atoms with Gasteiger partial charge in [-0.2, -0.15) is 0 Å². The van der Waals surface area contributed by atoms with E-state index in [2.05, 4.69) is 0 Å². The minimum atomic E-state index is -3.69. The predicted molar refractivity (Wildman–Crippen MR) is 87.6 cm³/mol. The van der Waals surface area contributed by atoms with Crippen molar-refractivity contribution in [2.24, 2.45) is 0 Å². The molecule has 1 heterocycles. The monoisotopic (exact) mass is 340 g/mol. The molecule has 0 unspecified atom stereocenters. The molecule has 4 nitrogen and oxygen atoms in total. The first-order valence-electron chi connectivity index (χ1n) is 6.30. The largest absolute Gasteiger partial charge is 0.399 e. The molecular weight excluding hydrogens is 328 g/mol. The maximum absolute atomic E-state index is 12.9. The van der Waals surface area contributed by atoms with Gasteiger partial charge in [0, 0.05) is 22.9 Å². The molecule has 0 atom stereocenters. The average molecular weight is 341 g/mol. The predicted octanol–water partition coefficient (Wildman–Crippen LogP) is 3.22. The second-order valence-electron chi connectivity index (χ2n) is 4.58. The molecule has 1 aliphatic rings. The van der Waals surface area contributed by atoms with Crippen LogP contribution < -0.4 is 10.0 Å². The van der Waals surface area contributed by atoms with Crippen LogP contribution in [0, 0.1) is 0 Å². The number of nitrogen functional groups attached to an aromatic ring is 1. The molecule has 3 rings (SSSR count). The Morgan fingerprint density at radius 1 is 1.19 bits per heavy atom. The first-order valence-corrected chi connectivity index (χ1v) is 9.10. The van der Waals surface area contributed by atoms with Gasteiger partial charge in [0.1, 0.15) is 4.90 Å². The number of thioether (sulfide) groups is 1. The Bertz CT molecular complexity index is 793. The normalized spacial score (nSPS) is 14.8. The number of rotatable bonds is 2. The van der Waals surface area contributed by atoms with Crippen LogP contribution in [0.25, 0.3) is 0 Å². The molecule has 0 amide bonds. The fraction of sp³-hybridized carbons (Fsp3) is 0.143. The molecule has 21 heavy (non-hydrogen) atoms. The highest BCUT2D eigenvalue weighted by molar-refractivity contribution is 8.00. The van der Waals surface area contributed by atoms with Gasteiger partial charge in [0.2, 0.25) is 0 Å². The summed E-state index contributed by atoms with van der Waals surface area (Å²) >= 11 is 7.67. The van der Waals surface area contributed by atoms with Crippen molar-refractivity contribution in [1.82, 2.24) is 0 Å². The minimum Gasteiger partial charge on any atom is -0.399 e. The Balaban J connectivity index is 2.14. The van der Waals surface area contributed by atoms with Crippen LogP contribution in [0.5, 0.6) is 0 Å². The molecular formula is C14H13ClN2O2S2. The highest BCUT2D eigenvalue weighted by Crippen LogP contribution is 2.39. The number of hydrogen-bond acceptors (Lipinski definition) is 4. The highest BCUT2D eigenvalue weighted by Gasteiger charge is 2.30. The van der Waals surface area contributed by atoms with Crippen LogP contribution in [0.1, 0.15) is 0 Å². The molecule has 110 valence electrons. The highest BCUT2D eigenvalue weighted by atomic mass is 35.5. The lowest BCUT2D eigenvalue weighted by molar-refractivity contribution is 0.591. The number of benzene rings is 2. The third-order valence-electron chi connectivity index (χ3n) is 3.21. The molecule has 0 aromatic heterocycles. The van der Waals surface area contributed by atoms with Gasteiger partial charge in [0.15, 0.2) is 0 Å². The molecule has 0 spiro atoms. The molecule has 1 aliphatic heterocycles. The van der Waals surface area contributed by atoms with Crippen molar-refractivity contribution in [2.45, 2.75) is 9.79 Å². The summed E-state index contributed by atoms with van der Waals surface area (Å²) in [6.45, 7) is 0.397. The minimum absolute atomic E-state index is 0.118. The van der Waals surface area contributed by atoms with Gasteiger partial charge in [0.25, 0.3) is 10.0 Å². The number of halogens is 1. The van der Waals surface area contributed by atoms with E-state index in [1.54, 1.807) is 42.1 Å². The molecule has 2 N–H and O–H groups in total. The fourth-order valence-corrected chi connectivity index (χ4v) is 5.35. The van der Waals surface area contributed by atoms with Crippen molar-refractivity contribution in [3.05, 3.63) is 47.5 Å². The molecule has 0 aliphatic carbocycles. The number of sulfonamides is 1. The Kier molecular flexibility index (Phi) is 3.77. The number of hydrogen-bond donors (Lipinski definition) is 1. The molecule has 0 saturated heterocycles. The maximum atomic E-state index is 12.9. The second-order valence-corrected chi connectivity index (χ2v) is 7.96. The van der Waals surface area contributed by atoms with Crippen LogP contribution in [0.3, 0.4) is 0 Å². The van der Waals surface area contributed by atoms with Crippen LogP contribution in [0.15, 0.2) is 52.3 Å². The zero-order valence-electron chi connectivity index (χ0n) is 11.0. The van der Waals surface area contributed by atoms with E-state index in [4.69, 9.17) is 17.3 Å². The second kappa shape index (κ2) is 5.44. The molecule has 0 saturated carbocycles. The Morgan fingerprint density at radius 3 is 2.71 bits per heavy atom. The first-order chi connectivity index (χ1) is 10.00. The number of nitrogens with two attached hydrogens (primary N) is 1. The van der Waals surface area contributed by atoms with Gasteiger partial charge in [-0.05, 0) is 30.3 Å². The van der Waals surface area contributed by atoms with Crippen molar-refractivity contribution in [1.29, 1.82) is 0 Å². The van der Waals surface area contributed by atoms with E-state index in [1.165, 1.54) is 10.4 Å². The van der Waals surface area contributed by atoms with Gasteiger partial charge in [-0.15, -0.1) is 11.8 Å². The first kappa shape index (κ1) is 14.6. The summed E-state index contributed by atoms with van der Waals surface area (Å²) in [7, 11) is -3.69. The van der Waals surface area contributed by atoms with Crippen LogP contribution >= 0.6 is 23.4 Å². The summed E-state index contributed by atoms with van der Waals surface area (Å²) in [6.07, 6.45) is 0. The standard InChI is InChI=1S/C14H13ClN2O2S2/c15-11-3-1-2-4-14(11)21(18,19)17-7-8-20-13-6-5-10(16)9-12(13)17/h1-6,9H,7-8,16H2. The molecule has 2 aromatic rings. The quantitative estimate of drug-likeness (QED) is 0.852. The Hall–Kier alpha value is -1.37. The number of fused-ring (bicyclic) bond motifs is 1. The van der Waals surface area contributed by atoms with E-state index < -0.39 is 10.0 Å². The maximum Gasteiger partial charge on any atom is 0.265 e. The van der Waals surface area contributed by atoms with Gasteiger partial charge < -0.3 is 5.73 Å². The van der Waals surface area contributed by atoms with Crippen LogP contribution in [0.2, 0.25) is 5.02 Å². The number of anilines is 2. The Morgan fingerprint density at radius 2 is 1.95 bits per heavy atom. The van der Waals surface area contributed by atoms with E-state index in [0.29, 0.717) is 23.7 Å². The van der Waals surface area contributed by atoms with Crippen molar-refractivity contribution in [3.8, 4) is 0 Å². The SMILES string of the molecule is Nc1ccc2c(c1)N(S(=O)(=O)c1ccccc1Cl)CCS2. The number of nitrogens with zero attached hydrogens (tertiary/aromatic N) is 1. The zero-order chi connectivity index (χ0) is 15.0. The van der Waals surface area contributed by atoms with Gasteiger partial charge in [-0.25, -0.2) is 8.42 Å². The third kappa shape index (κ3) is 2.59. The average Bonchev–Trinajstić information content (AvgIpc) is 2.46. The summed E-state index contributed by atoms with van der Waals surface area (Å²) < 4.78 is 27.1. The van der Waals surface area contributed by atoms with Crippen molar-refractivity contribution in [2.75, 3.05) is 22.3 Å². The zero-order valence-corrected chi connectivity index (χ0v) is 13.4. The van der Waals surface area contributed by atoms with Crippen molar-refractivity contribution < 1.29 is 8.42 Å². The summed E-state index contributed by atoms with van der Waals surface area (Å²) in [6, 6.07) is 11.8. The molecule has 0 fully saturated rings. The van der Waals surface area contributed by atoms with E-state index in [9.17, 15) is 8.42 Å². The Labute approximate surface area is 132 Å². The molecule has 0 bridgehead atoms. The van der Waals surface area contributed by atoms with Gasteiger partial charge in [-0.3, -0.25) is 4.31 Å². The van der Waals surface area contributed by atoms with Crippen molar-refractivity contribution >= 4 is 44.8 Å². The van der Waals surface area contributed by atoms with Gasteiger partial charge >= 0.3 is 0 Å². The topological polar surface area (TPSA) is 63.4 Å². The summed E-state index contributed by atoms with van der Waals surface area (Å²) in [5, 5.41) is 0.223. The van der Waals surface area contributed by atoms with Crippen LogP contribution in [-0.2, 0) is 10.0 Å². The lowest BCUT2D eigenvalue weighted by Gasteiger charge is -2.30. The summed E-state index contributed by atoms with van der Waals surface area (Å²) in [5.74, 6) is 0.695. The lowest BCUT2D eigenvalue weighted by Crippen LogP contribution is -2.35. The summed E-state index contributed by atoms with van der Waals surface area (Å²) in [4.78, 5) is 1.03. The van der Waals surface area contributed by atoms with Gasteiger partial charge in [0.05, 0.1) is 10.7 Å². The van der Waals surface area contributed by atoms with Crippen LogP contribution in [0.4, 0.5) is 11.4 Å². The van der Waals surface area contributed by atoms with E-state index in [-0.39, 0.29) is 9.92 Å². The van der Waals surface area contributed by atoms with E-state index >= 15 is 0 Å². The van der Waals surface area contributed by atoms with E-state index in [1.807, 2.05) is 6.07 Å².